The summed E-state index contributed by atoms with van der Waals surface area (Å²) in [4.78, 5) is 22.7. The number of nitrogens with one attached hydrogen (secondary N) is 2. The number of carbonyl (C=O) groups is 1. The van der Waals surface area contributed by atoms with Crippen LogP contribution in [0.1, 0.15) is 38.6 Å². The van der Waals surface area contributed by atoms with Gasteiger partial charge in [0, 0.05) is 48.7 Å². The standard InChI is InChI=1S/C24H32N8O/c1-15-12-19(6-9-27-15)31-10-7-18(8-11-31)32-13-20(21-22(25)28-14-29-23(21)32)16-2-4-17(5-3-16)30-24(26)33/h2-5,13-15,18-19,27H,6-12H2,1H3,(H2,25,28,29)(H3,26,30,33)/t15-,19?/m0/s1. The third-order valence-electron chi connectivity index (χ3n) is 7.11. The van der Waals surface area contributed by atoms with Gasteiger partial charge in [-0.1, -0.05) is 12.1 Å². The topological polar surface area (TPSA) is 127 Å². The molecule has 1 aromatic carbocycles. The highest BCUT2D eigenvalue weighted by molar-refractivity contribution is 6.01. The lowest BCUT2D eigenvalue weighted by atomic mass is 9.95. The molecule has 2 saturated heterocycles. The first kappa shape index (κ1) is 21.7. The van der Waals surface area contributed by atoms with Gasteiger partial charge in [-0.2, -0.15) is 0 Å². The van der Waals surface area contributed by atoms with Gasteiger partial charge in [-0.15, -0.1) is 0 Å². The number of anilines is 2. The number of nitrogen functional groups attached to an aromatic ring is 1. The Balaban J connectivity index is 1.41. The maximum Gasteiger partial charge on any atom is 0.316 e. The van der Waals surface area contributed by atoms with Crippen molar-refractivity contribution >= 4 is 28.6 Å². The van der Waals surface area contributed by atoms with Crippen LogP contribution < -0.4 is 22.1 Å². The summed E-state index contributed by atoms with van der Waals surface area (Å²) >= 11 is 0. The SMILES string of the molecule is C[C@H]1CC(N2CCC(n3cc(-c4ccc(NC(N)=O)cc4)c4c(N)ncnc43)CC2)CCN1. The lowest BCUT2D eigenvalue weighted by molar-refractivity contribution is 0.104. The number of likely N-dealkylation sites (tertiary alicyclic amines) is 1. The number of primary amides is 1. The fourth-order valence-corrected chi connectivity index (χ4v) is 5.45. The molecule has 0 radical (unpaired) electrons. The fraction of sp³-hybridized carbons (Fsp3) is 0.458. The van der Waals surface area contributed by atoms with Gasteiger partial charge in [0.2, 0.25) is 0 Å². The molecule has 33 heavy (non-hydrogen) atoms. The Hall–Kier alpha value is -3.17. The van der Waals surface area contributed by atoms with E-state index in [9.17, 15) is 4.79 Å². The largest absolute Gasteiger partial charge is 0.383 e. The Morgan fingerprint density at radius 2 is 1.88 bits per heavy atom. The number of amides is 2. The zero-order chi connectivity index (χ0) is 22.9. The number of hydrogen-bond acceptors (Lipinski definition) is 6. The van der Waals surface area contributed by atoms with Crippen molar-refractivity contribution in [3.8, 4) is 11.1 Å². The second-order valence-corrected chi connectivity index (χ2v) is 9.27. The van der Waals surface area contributed by atoms with Crippen LogP contribution in [0.3, 0.4) is 0 Å². The zero-order valence-electron chi connectivity index (χ0n) is 19.0. The normalized spacial score (nSPS) is 22.5. The van der Waals surface area contributed by atoms with Crippen molar-refractivity contribution in [2.45, 2.75) is 50.7 Å². The first-order valence-electron chi connectivity index (χ1n) is 11.7. The van der Waals surface area contributed by atoms with Gasteiger partial charge in [-0.05, 0) is 56.8 Å². The number of benzene rings is 1. The van der Waals surface area contributed by atoms with Gasteiger partial charge in [0.15, 0.2) is 0 Å². The Morgan fingerprint density at radius 3 is 2.58 bits per heavy atom. The summed E-state index contributed by atoms with van der Waals surface area (Å²) < 4.78 is 2.29. The van der Waals surface area contributed by atoms with E-state index in [0.717, 1.165) is 54.6 Å². The summed E-state index contributed by atoms with van der Waals surface area (Å²) in [6.07, 6.45) is 8.35. The summed E-state index contributed by atoms with van der Waals surface area (Å²) in [6.45, 7) is 5.60. The molecule has 6 N–H and O–H groups in total. The molecule has 0 aliphatic carbocycles. The van der Waals surface area contributed by atoms with Crippen molar-refractivity contribution in [1.29, 1.82) is 0 Å². The van der Waals surface area contributed by atoms with E-state index in [4.69, 9.17) is 11.5 Å². The maximum absolute atomic E-state index is 11.1. The average molecular weight is 449 g/mol. The van der Waals surface area contributed by atoms with Crippen molar-refractivity contribution in [2.75, 3.05) is 30.7 Å². The molecule has 174 valence electrons. The molecule has 2 aromatic heterocycles. The lowest BCUT2D eigenvalue weighted by Crippen LogP contribution is -2.49. The third kappa shape index (κ3) is 4.38. The van der Waals surface area contributed by atoms with Crippen LogP contribution in [-0.2, 0) is 0 Å². The molecule has 9 heteroatoms. The summed E-state index contributed by atoms with van der Waals surface area (Å²) in [6, 6.07) is 8.66. The minimum atomic E-state index is -0.581. The van der Waals surface area contributed by atoms with Crippen LogP contribution >= 0.6 is 0 Å². The van der Waals surface area contributed by atoms with Crippen LogP contribution in [0.15, 0.2) is 36.8 Å². The molecule has 0 bridgehead atoms. The van der Waals surface area contributed by atoms with Crippen molar-refractivity contribution in [3.63, 3.8) is 0 Å². The number of rotatable bonds is 4. The molecule has 2 aliphatic rings. The molecular weight excluding hydrogens is 416 g/mol. The molecule has 3 aromatic rings. The van der Waals surface area contributed by atoms with E-state index in [0.29, 0.717) is 29.6 Å². The number of nitrogens with two attached hydrogens (primary N) is 2. The number of carbonyl (C=O) groups excluding carboxylic acids is 1. The first-order valence-corrected chi connectivity index (χ1v) is 11.7. The lowest BCUT2D eigenvalue weighted by Gasteiger charge is -2.41. The molecule has 2 fully saturated rings. The third-order valence-corrected chi connectivity index (χ3v) is 7.11. The van der Waals surface area contributed by atoms with E-state index in [1.54, 1.807) is 6.33 Å². The molecule has 1 unspecified atom stereocenters. The minimum absolute atomic E-state index is 0.377. The van der Waals surface area contributed by atoms with Crippen LogP contribution in [0.25, 0.3) is 22.2 Å². The molecule has 4 heterocycles. The van der Waals surface area contributed by atoms with E-state index in [2.05, 4.69) is 43.2 Å². The van der Waals surface area contributed by atoms with Crippen LogP contribution in [0.5, 0.6) is 0 Å². The molecule has 9 nitrogen and oxygen atoms in total. The van der Waals surface area contributed by atoms with Crippen LogP contribution in [0.2, 0.25) is 0 Å². The maximum atomic E-state index is 11.1. The number of aromatic nitrogens is 3. The number of fused-ring (bicyclic) bond motifs is 1. The van der Waals surface area contributed by atoms with Crippen LogP contribution in [-0.4, -0.2) is 57.2 Å². The van der Waals surface area contributed by atoms with Gasteiger partial charge in [-0.3, -0.25) is 0 Å². The zero-order valence-corrected chi connectivity index (χ0v) is 19.0. The van der Waals surface area contributed by atoms with Gasteiger partial charge < -0.3 is 31.6 Å². The second-order valence-electron chi connectivity index (χ2n) is 9.27. The summed E-state index contributed by atoms with van der Waals surface area (Å²) in [5, 5.41) is 7.03. The van der Waals surface area contributed by atoms with Gasteiger partial charge in [0.05, 0.1) is 5.39 Å². The molecule has 0 saturated carbocycles. The number of hydrogen-bond donors (Lipinski definition) is 4. The molecule has 2 aliphatic heterocycles. The predicted molar refractivity (Wildman–Crippen MR) is 131 cm³/mol. The average Bonchev–Trinajstić information content (AvgIpc) is 3.20. The van der Waals surface area contributed by atoms with E-state index in [-0.39, 0.29) is 0 Å². The summed E-state index contributed by atoms with van der Waals surface area (Å²) in [5.74, 6) is 0.481. The Bertz CT molecular complexity index is 1130. The van der Waals surface area contributed by atoms with Crippen molar-refractivity contribution in [3.05, 3.63) is 36.8 Å². The summed E-state index contributed by atoms with van der Waals surface area (Å²) in [5.41, 5.74) is 15.1. The van der Waals surface area contributed by atoms with E-state index >= 15 is 0 Å². The number of urea groups is 1. The van der Waals surface area contributed by atoms with Gasteiger partial charge in [-0.25, -0.2) is 14.8 Å². The van der Waals surface area contributed by atoms with Crippen LogP contribution in [0, 0.1) is 0 Å². The van der Waals surface area contributed by atoms with Gasteiger partial charge >= 0.3 is 6.03 Å². The molecule has 2 atom stereocenters. The highest BCUT2D eigenvalue weighted by atomic mass is 16.2. The van der Waals surface area contributed by atoms with Crippen molar-refractivity contribution in [1.82, 2.24) is 24.8 Å². The van der Waals surface area contributed by atoms with Crippen LogP contribution in [0.4, 0.5) is 16.3 Å². The predicted octanol–water partition coefficient (Wildman–Crippen LogP) is 2.95. The molecular formula is C24H32N8O. The Morgan fingerprint density at radius 1 is 1.12 bits per heavy atom. The molecule has 0 spiro atoms. The Labute approximate surface area is 193 Å². The van der Waals surface area contributed by atoms with E-state index in [1.807, 2.05) is 24.3 Å². The Kier molecular flexibility index (Phi) is 5.90. The van der Waals surface area contributed by atoms with Crippen molar-refractivity contribution in [2.24, 2.45) is 5.73 Å². The van der Waals surface area contributed by atoms with Gasteiger partial charge in [0.25, 0.3) is 0 Å². The van der Waals surface area contributed by atoms with E-state index < -0.39 is 6.03 Å². The number of nitrogens with zero attached hydrogens (tertiary/aromatic N) is 4. The first-order chi connectivity index (χ1) is 16.0. The highest BCUT2D eigenvalue weighted by Gasteiger charge is 2.30. The molecule has 5 rings (SSSR count). The quantitative estimate of drug-likeness (QED) is 0.486. The monoisotopic (exact) mass is 448 g/mol. The second kappa shape index (κ2) is 8.99. The summed E-state index contributed by atoms with van der Waals surface area (Å²) in [7, 11) is 0. The minimum Gasteiger partial charge on any atom is -0.383 e. The smallest absolute Gasteiger partial charge is 0.316 e. The molecule has 2 amide bonds. The fourth-order valence-electron chi connectivity index (χ4n) is 5.45. The van der Waals surface area contributed by atoms with Gasteiger partial charge in [0.1, 0.15) is 17.8 Å². The number of piperidine rings is 2. The van der Waals surface area contributed by atoms with E-state index in [1.165, 1.54) is 12.8 Å². The highest BCUT2D eigenvalue weighted by Crippen LogP contribution is 2.37. The van der Waals surface area contributed by atoms with Crippen molar-refractivity contribution < 1.29 is 4.79 Å².